The number of benzene rings is 2. The van der Waals surface area contributed by atoms with Crippen molar-refractivity contribution in [2.45, 2.75) is 25.1 Å². The molecule has 0 spiro atoms. The molecule has 0 bridgehead atoms. The van der Waals surface area contributed by atoms with Crippen molar-refractivity contribution in [2.75, 3.05) is 0 Å². The molecule has 0 N–H and O–H groups in total. The van der Waals surface area contributed by atoms with E-state index in [0.29, 0.717) is 15.0 Å². The Hall–Kier alpha value is -0.771. The van der Waals surface area contributed by atoms with Crippen LogP contribution < -0.4 is 4.46 Å². The van der Waals surface area contributed by atoms with Crippen molar-refractivity contribution in [1.29, 1.82) is 0 Å². The molecule has 0 fully saturated rings. The third-order valence-electron chi connectivity index (χ3n) is 3.55. The summed E-state index contributed by atoms with van der Waals surface area (Å²) >= 11 is 0.368. The maximum atomic E-state index is 2.52. The SMILES string of the molecule is CCCC[Se]c1cc(-c2ccccc2)[te]c1-c1ccccc1. The number of rotatable bonds is 6. The van der Waals surface area contributed by atoms with Gasteiger partial charge in [0.2, 0.25) is 0 Å². The van der Waals surface area contributed by atoms with E-state index < -0.39 is 0 Å². The van der Waals surface area contributed by atoms with Gasteiger partial charge in [-0.2, -0.15) is 0 Å². The van der Waals surface area contributed by atoms with E-state index in [1.807, 2.05) is 0 Å². The van der Waals surface area contributed by atoms with E-state index in [2.05, 4.69) is 73.7 Å². The molecule has 0 amide bonds. The van der Waals surface area contributed by atoms with Crippen molar-refractivity contribution in [1.82, 2.24) is 0 Å². The quantitative estimate of drug-likeness (QED) is 0.367. The molecular formula is C20H20SeTe. The molecule has 2 aromatic carbocycles. The standard InChI is InChI=1S/C20H20SeTe/c1-2-3-14-21-18-15-19(16-10-6-4-7-11-16)22-20(18)17-12-8-5-9-13-17/h4-13,15H,2-3,14H2,1H3. The number of unbranched alkanes of at least 4 members (excludes halogenated alkanes) is 1. The van der Waals surface area contributed by atoms with Gasteiger partial charge >= 0.3 is 150 Å². The molecule has 0 saturated carbocycles. The third kappa shape index (κ3) is 3.95. The Morgan fingerprint density at radius 1 is 0.864 bits per heavy atom. The summed E-state index contributed by atoms with van der Waals surface area (Å²) < 4.78 is 4.95. The fourth-order valence-corrected chi connectivity index (χ4v) is 9.68. The molecule has 0 aliphatic carbocycles. The van der Waals surface area contributed by atoms with Gasteiger partial charge in [-0.1, -0.05) is 0 Å². The topological polar surface area (TPSA) is 0 Å². The van der Waals surface area contributed by atoms with Crippen LogP contribution >= 0.6 is 0 Å². The summed E-state index contributed by atoms with van der Waals surface area (Å²) in [6, 6.07) is 24.5. The number of hydrogen-bond acceptors (Lipinski definition) is 0. The van der Waals surface area contributed by atoms with Crippen LogP contribution in [0.4, 0.5) is 0 Å². The molecule has 112 valence electrons. The molecule has 1 heterocycles. The summed E-state index contributed by atoms with van der Waals surface area (Å²) in [4.78, 5) is 0. The molecule has 3 rings (SSSR count). The second-order valence-electron chi connectivity index (χ2n) is 5.24. The monoisotopic (exact) mass is 470 g/mol. The van der Waals surface area contributed by atoms with Gasteiger partial charge in [0.25, 0.3) is 0 Å². The van der Waals surface area contributed by atoms with E-state index in [-0.39, 0.29) is 20.4 Å². The van der Waals surface area contributed by atoms with E-state index >= 15 is 0 Å². The molecule has 1 aromatic heterocycles. The molecule has 0 atom stereocenters. The van der Waals surface area contributed by atoms with Gasteiger partial charge in [-0.15, -0.1) is 0 Å². The van der Waals surface area contributed by atoms with Crippen molar-refractivity contribution in [3.05, 3.63) is 66.7 Å². The fourth-order valence-electron chi connectivity index (χ4n) is 2.34. The minimum absolute atomic E-state index is 0.259. The summed E-state index contributed by atoms with van der Waals surface area (Å²) in [6.07, 6.45) is 2.67. The Balaban J connectivity index is 1.97. The summed E-state index contributed by atoms with van der Waals surface area (Å²) in [7, 11) is 0. The van der Waals surface area contributed by atoms with Crippen LogP contribution in [0.3, 0.4) is 0 Å². The van der Waals surface area contributed by atoms with Crippen LogP contribution in [0.2, 0.25) is 5.32 Å². The average Bonchev–Trinajstić information content (AvgIpc) is 3.01. The van der Waals surface area contributed by atoms with E-state index in [1.165, 1.54) is 29.3 Å². The Kier molecular flexibility index (Phi) is 5.99. The van der Waals surface area contributed by atoms with Gasteiger partial charge in [0, 0.05) is 0 Å². The van der Waals surface area contributed by atoms with Crippen LogP contribution in [0.5, 0.6) is 0 Å². The zero-order chi connectivity index (χ0) is 15.2. The second kappa shape index (κ2) is 8.19. The molecule has 0 aliphatic heterocycles. The molecule has 0 radical (unpaired) electrons. The van der Waals surface area contributed by atoms with Crippen molar-refractivity contribution >= 4 is 39.8 Å². The average molecular weight is 467 g/mol. The van der Waals surface area contributed by atoms with Gasteiger partial charge in [-0.05, 0) is 0 Å². The first-order valence-electron chi connectivity index (χ1n) is 7.76. The summed E-state index contributed by atoms with van der Waals surface area (Å²) in [5, 5.41) is 1.38. The second-order valence-corrected chi connectivity index (χ2v) is 10.6. The van der Waals surface area contributed by atoms with Crippen LogP contribution in [0.25, 0.3) is 18.3 Å². The van der Waals surface area contributed by atoms with Crippen LogP contribution in [-0.2, 0) is 0 Å². The van der Waals surface area contributed by atoms with E-state index in [1.54, 1.807) is 11.6 Å². The van der Waals surface area contributed by atoms with Gasteiger partial charge in [0.15, 0.2) is 0 Å². The van der Waals surface area contributed by atoms with Crippen molar-refractivity contribution < 1.29 is 0 Å². The summed E-state index contributed by atoms with van der Waals surface area (Å²) in [5.41, 5.74) is 2.89. The Labute approximate surface area is 149 Å². The van der Waals surface area contributed by atoms with Gasteiger partial charge in [-0.3, -0.25) is 0 Å². The Morgan fingerprint density at radius 3 is 2.14 bits per heavy atom. The molecular weight excluding hydrogens is 447 g/mol. The minimum atomic E-state index is -0.259. The van der Waals surface area contributed by atoms with E-state index in [9.17, 15) is 0 Å². The molecule has 0 saturated heterocycles. The van der Waals surface area contributed by atoms with E-state index in [4.69, 9.17) is 0 Å². The molecule has 3 aromatic rings. The molecule has 0 unspecified atom stereocenters. The van der Waals surface area contributed by atoms with Crippen LogP contribution in [0, 0.1) is 0 Å². The van der Waals surface area contributed by atoms with Gasteiger partial charge in [-0.25, -0.2) is 0 Å². The first kappa shape index (κ1) is 16.1. The van der Waals surface area contributed by atoms with Crippen molar-refractivity contribution in [3.63, 3.8) is 0 Å². The Bertz CT molecular complexity index is 701. The molecule has 2 heteroatoms. The molecule has 22 heavy (non-hydrogen) atoms. The van der Waals surface area contributed by atoms with Gasteiger partial charge < -0.3 is 0 Å². The maximum absolute atomic E-state index is 2.52. The zero-order valence-corrected chi connectivity index (χ0v) is 16.8. The van der Waals surface area contributed by atoms with Crippen LogP contribution in [0.15, 0.2) is 66.7 Å². The first-order valence-corrected chi connectivity index (χ1v) is 12.2. The first-order chi connectivity index (χ1) is 10.9. The van der Waals surface area contributed by atoms with Gasteiger partial charge in [0.05, 0.1) is 0 Å². The van der Waals surface area contributed by atoms with Crippen LogP contribution in [-0.4, -0.2) is 35.4 Å². The predicted molar refractivity (Wildman–Crippen MR) is 99.4 cm³/mol. The van der Waals surface area contributed by atoms with Crippen molar-refractivity contribution in [3.8, 4) is 18.3 Å². The van der Waals surface area contributed by atoms with Crippen molar-refractivity contribution in [2.24, 2.45) is 0 Å². The van der Waals surface area contributed by atoms with Gasteiger partial charge in [0.1, 0.15) is 0 Å². The molecule has 0 aliphatic rings. The van der Waals surface area contributed by atoms with E-state index in [0.717, 1.165) is 0 Å². The predicted octanol–water partition coefficient (Wildman–Crippen LogP) is 4.63. The summed E-state index contributed by atoms with van der Waals surface area (Å²) in [5.74, 6) is 0. The fraction of sp³-hybridized carbons (Fsp3) is 0.200. The Morgan fingerprint density at radius 2 is 1.50 bits per heavy atom. The summed E-state index contributed by atoms with van der Waals surface area (Å²) in [6.45, 7) is 2.29. The number of hydrogen-bond donors (Lipinski definition) is 0. The zero-order valence-electron chi connectivity index (χ0n) is 12.8. The van der Waals surface area contributed by atoms with Crippen LogP contribution in [0.1, 0.15) is 19.8 Å². The third-order valence-corrected chi connectivity index (χ3v) is 10.3. The molecule has 0 nitrogen and oxygen atoms in total. The normalized spacial score (nSPS) is 10.8.